The van der Waals surface area contributed by atoms with Crippen molar-refractivity contribution < 1.29 is 9.59 Å². The molecule has 1 unspecified atom stereocenters. The van der Waals surface area contributed by atoms with E-state index >= 15 is 0 Å². The number of hydrogen-bond donors (Lipinski definition) is 2. The van der Waals surface area contributed by atoms with Gasteiger partial charge in [-0.1, -0.05) is 25.5 Å². The van der Waals surface area contributed by atoms with E-state index in [4.69, 9.17) is 11.5 Å². The van der Waals surface area contributed by atoms with Crippen molar-refractivity contribution in [2.45, 2.75) is 32.6 Å². The van der Waals surface area contributed by atoms with Crippen LogP contribution in [0.15, 0.2) is 24.3 Å². The van der Waals surface area contributed by atoms with Gasteiger partial charge < -0.3 is 16.4 Å². The second-order valence-corrected chi connectivity index (χ2v) is 4.97. The quantitative estimate of drug-likeness (QED) is 0.740. The highest BCUT2D eigenvalue weighted by Gasteiger charge is 2.22. The van der Waals surface area contributed by atoms with Gasteiger partial charge >= 0.3 is 0 Å². The number of nitrogen functional groups attached to an aromatic ring is 1. The zero-order valence-electron chi connectivity index (χ0n) is 12.1. The van der Waals surface area contributed by atoms with Crippen LogP contribution in [-0.2, 0) is 9.59 Å². The third kappa shape index (κ3) is 4.57. The minimum Gasteiger partial charge on any atom is -0.399 e. The molecule has 0 spiro atoms. The van der Waals surface area contributed by atoms with Gasteiger partial charge in [0, 0.05) is 12.2 Å². The number of anilines is 1. The van der Waals surface area contributed by atoms with Crippen LogP contribution in [0.3, 0.4) is 0 Å². The van der Waals surface area contributed by atoms with Crippen LogP contribution >= 0.6 is 0 Å². The smallest absolute Gasteiger partial charge is 0.237 e. The first-order chi connectivity index (χ1) is 9.45. The third-order valence-corrected chi connectivity index (χ3v) is 3.22. The van der Waals surface area contributed by atoms with E-state index in [1.54, 1.807) is 12.1 Å². The Labute approximate surface area is 119 Å². The Morgan fingerprint density at radius 2 is 2.05 bits per heavy atom. The molecule has 0 bridgehead atoms. The maximum absolute atomic E-state index is 12.5. The number of amides is 2. The van der Waals surface area contributed by atoms with Crippen molar-refractivity contribution in [1.29, 1.82) is 0 Å². The van der Waals surface area contributed by atoms with Gasteiger partial charge in [0.1, 0.15) is 0 Å². The lowest BCUT2D eigenvalue weighted by molar-refractivity contribution is -0.136. The van der Waals surface area contributed by atoms with Crippen molar-refractivity contribution in [2.24, 2.45) is 5.73 Å². The van der Waals surface area contributed by atoms with Gasteiger partial charge in [-0.05, 0) is 31.0 Å². The number of primary amides is 1. The Kier molecular flexibility index (Phi) is 6.03. The summed E-state index contributed by atoms with van der Waals surface area (Å²) < 4.78 is 0. The first kappa shape index (κ1) is 16.0. The van der Waals surface area contributed by atoms with Gasteiger partial charge in [0.2, 0.25) is 11.8 Å². The zero-order valence-corrected chi connectivity index (χ0v) is 12.1. The second-order valence-electron chi connectivity index (χ2n) is 4.97. The van der Waals surface area contributed by atoms with E-state index in [2.05, 4.69) is 0 Å². The van der Waals surface area contributed by atoms with E-state index < -0.39 is 5.91 Å². The fourth-order valence-corrected chi connectivity index (χ4v) is 2.05. The Hall–Kier alpha value is -2.04. The number of benzene rings is 1. The molecule has 0 aliphatic carbocycles. The van der Waals surface area contributed by atoms with Crippen LogP contribution in [0, 0.1) is 0 Å². The Bertz CT molecular complexity index is 474. The fourth-order valence-electron chi connectivity index (χ4n) is 2.05. The van der Waals surface area contributed by atoms with Gasteiger partial charge in [0.15, 0.2) is 0 Å². The molecule has 5 nitrogen and oxygen atoms in total. The molecule has 20 heavy (non-hydrogen) atoms. The third-order valence-electron chi connectivity index (χ3n) is 3.22. The highest BCUT2D eigenvalue weighted by Crippen LogP contribution is 2.20. The molecule has 0 aliphatic heterocycles. The Morgan fingerprint density at radius 1 is 1.35 bits per heavy atom. The number of hydrogen-bond acceptors (Lipinski definition) is 3. The van der Waals surface area contributed by atoms with Crippen molar-refractivity contribution in [2.75, 3.05) is 18.8 Å². The van der Waals surface area contributed by atoms with Crippen LogP contribution in [0.25, 0.3) is 0 Å². The average Bonchev–Trinajstić information content (AvgIpc) is 2.41. The Balaban J connectivity index is 2.84. The summed E-state index contributed by atoms with van der Waals surface area (Å²) >= 11 is 0. The number of carbonyl (C=O) groups excluding carboxylic acids is 2. The SMILES string of the molecule is CCCCN(CC(N)=O)C(=O)C(C)c1cccc(N)c1. The lowest BCUT2D eigenvalue weighted by Gasteiger charge is -2.24. The maximum Gasteiger partial charge on any atom is 0.237 e. The lowest BCUT2D eigenvalue weighted by atomic mass is 9.99. The van der Waals surface area contributed by atoms with Gasteiger partial charge in [-0.25, -0.2) is 0 Å². The number of nitrogens with two attached hydrogens (primary N) is 2. The number of nitrogens with zero attached hydrogens (tertiary/aromatic N) is 1. The van der Waals surface area contributed by atoms with Crippen molar-refractivity contribution >= 4 is 17.5 Å². The fraction of sp³-hybridized carbons (Fsp3) is 0.467. The summed E-state index contributed by atoms with van der Waals surface area (Å²) in [7, 11) is 0. The minimum atomic E-state index is -0.491. The number of carbonyl (C=O) groups is 2. The van der Waals surface area contributed by atoms with E-state index in [0.29, 0.717) is 12.2 Å². The molecule has 0 radical (unpaired) electrons. The molecular weight excluding hydrogens is 254 g/mol. The highest BCUT2D eigenvalue weighted by atomic mass is 16.2. The minimum absolute atomic E-state index is 0.0362. The molecule has 0 aliphatic rings. The monoisotopic (exact) mass is 277 g/mol. The standard InChI is InChI=1S/C15H23N3O2/c1-3-4-8-18(10-14(17)19)15(20)11(2)12-6-5-7-13(16)9-12/h5-7,9,11H,3-4,8,10,16H2,1-2H3,(H2,17,19). The summed E-state index contributed by atoms with van der Waals surface area (Å²) in [4.78, 5) is 25.1. The zero-order chi connectivity index (χ0) is 15.1. The molecule has 110 valence electrons. The first-order valence-electron chi connectivity index (χ1n) is 6.88. The summed E-state index contributed by atoms with van der Waals surface area (Å²) in [5.74, 6) is -0.924. The summed E-state index contributed by atoms with van der Waals surface area (Å²) in [6.07, 6.45) is 1.80. The van der Waals surface area contributed by atoms with Gasteiger partial charge in [-0.3, -0.25) is 9.59 Å². The van der Waals surface area contributed by atoms with Gasteiger partial charge in [0.05, 0.1) is 12.5 Å². The number of rotatable bonds is 7. The summed E-state index contributed by atoms with van der Waals surface area (Å²) in [5.41, 5.74) is 12.4. The topological polar surface area (TPSA) is 89.4 Å². The molecule has 1 aromatic rings. The molecular formula is C15H23N3O2. The number of unbranched alkanes of at least 4 members (excludes halogenated alkanes) is 1. The molecule has 1 atom stereocenters. The van der Waals surface area contributed by atoms with Gasteiger partial charge in [0.25, 0.3) is 0 Å². The predicted octanol–water partition coefficient (Wildman–Crippen LogP) is 1.49. The van der Waals surface area contributed by atoms with E-state index in [1.807, 2.05) is 26.0 Å². The second kappa shape index (κ2) is 7.53. The van der Waals surface area contributed by atoms with Crippen molar-refractivity contribution in [3.8, 4) is 0 Å². The summed E-state index contributed by atoms with van der Waals surface area (Å²) in [6.45, 7) is 4.36. The van der Waals surface area contributed by atoms with Crippen LogP contribution in [0.1, 0.15) is 38.2 Å². The molecule has 1 aromatic carbocycles. The largest absolute Gasteiger partial charge is 0.399 e. The van der Waals surface area contributed by atoms with Crippen LogP contribution in [0.4, 0.5) is 5.69 Å². The molecule has 4 N–H and O–H groups in total. The first-order valence-corrected chi connectivity index (χ1v) is 6.88. The van der Waals surface area contributed by atoms with E-state index in [9.17, 15) is 9.59 Å². The molecule has 5 heteroatoms. The van der Waals surface area contributed by atoms with Gasteiger partial charge in [-0.2, -0.15) is 0 Å². The normalized spacial score (nSPS) is 11.9. The van der Waals surface area contributed by atoms with Crippen molar-refractivity contribution in [1.82, 2.24) is 4.90 Å². The molecule has 0 saturated heterocycles. The summed E-state index contributed by atoms with van der Waals surface area (Å²) in [6, 6.07) is 7.24. The van der Waals surface area contributed by atoms with Crippen LogP contribution in [0.2, 0.25) is 0 Å². The summed E-state index contributed by atoms with van der Waals surface area (Å²) in [5, 5.41) is 0. The molecule has 0 saturated carbocycles. The van der Waals surface area contributed by atoms with Crippen molar-refractivity contribution in [3.63, 3.8) is 0 Å². The predicted molar refractivity (Wildman–Crippen MR) is 80.0 cm³/mol. The van der Waals surface area contributed by atoms with Crippen LogP contribution in [-0.4, -0.2) is 29.8 Å². The molecule has 0 fully saturated rings. The van der Waals surface area contributed by atoms with Gasteiger partial charge in [-0.15, -0.1) is 0 Å². The van der Waals surface area contributed by atoms with E-state index in [0.717, 1.165) is 18.4 Å². The molecule has 0 heterocycles. The maximum atomic E-state index is 12.5. The Morgan fingerprint density at radius 3 is 2.60 bits per heavy atom. The molecule has 0 aromatic heterocycles. The van der Waals surface area contributed by atoms with Crippen LogP contribution < -0.4 is 11.5 Å². The molecule has 1 rings (SSSR count). The molecule has 2 amide bonds. The lowest BCUT2D eigenvalue weighted by Crippen LogP contribution is -2.41. The highest BCUT2D eigenvalue weighted by molar-refractivity contribution is 5.87. The van der Waals surface area contributed by atoms with E-state index in [1.165, 1.54) is 4.90 Å². The van der Waals surface area contributed by atoms with Crippen LogP contribution in [0.5, 0.6) is 0 Å². The van der Waals surface area contributed by atoms with Crippen molar-refractivity contribution in [3.05, 3.63) is 29.8 Å². The van der Waals surface area contributed by atoms with E-state index in [-0.39, 0.29) is 18.4 Å². The average molecular weight is 277 g/mol.